The van der Waals surface area contributed by atoms with Crippen molar-refractivity contribution in [3.05, 3.63) is 60.8 Å². The van der Waals surface area contributed by atoms with Gasteiger partial charge in [0.2, 0.25) is 0 Å². The number of cyclic esters (lactones) is 1. The monoisotopic (exact) mass is 564 g/mol. The highest BCUT2D eigenvalue weighted by atomic mass is 16.5. The minimum absolute atomic E-state index is 0.0171. The van der Waals surface area contributed by atoms with Crippen molar-refractivity contribution in [3.63, 3.8) is 0 Å². The van der Waals surface area contributed by atoms with Gasteiger partial charge in [0.1, 0.15) is 6.10 Å². The molecule has 0 aromatic rings. The number of aliphatic hydroxyl groups excluding tert-OH is 6. The number of hydrogen-bond acceptors (Lipinski definition) is 8. The van der Waals surface area contributed by atoms with E-state index in [1.807, 2.05) is 50.3 Å². The summed E-state index contributed by atoms with van der Waals surface area (Å²) in [5.41, 5.74) is 0. The Morgan fingerprint density at radius 3 is 1.77 bits per heavy atom. The molecule has 40 heavy (non-hydrogen) atoms. The Bertz CT molecular complexity index is 848. The van der Waals surface area contributed by atoms with E-state index in [4.69, 9.17) is 4.74 Å². The minimum Gasteiger partial charge on any atom is -0.462 e. The van der Waals surface area contributed by atoms with Crippen LogP contribution in [0.1, 0.15) is 72.6 Å². The highest BCUT2D eigenvalue weighted by molar-refractivity contribution is 5.73. The van der Waals surface area contributed by atoms with Crippen molar-refractivity contribution in [2.75, 3.05) is 0 Å². The van der Waals surface area contributed by atoms with Gasteiger partial charge in [-0.2, -0.15) is 0 Å². The van der Waals surface area contributed by atoms with Gasteiger partial charge in [0.25, 0.3) is 0 Å². The van der Waals surface area contributed by atoms with Crippen molar-refractivity contribution in [2.45, 2.75) is 115 Å². The quantitative estimate of drug-likeness (QED) is 0.265. The van der Waals surface area contributed by atoms with E-state index in [2.05, 4.69) is 0 Å². The molecule has 1 rings (SSSR count). The van der Waals surface area contributed by atoms with E-state index in [9.17, 15) is 35.4 Å². The first-order valence-corrected chi connectivity index (χ1v) is 14.6. The summed E-state index contributed by atoms with van der Waals surface area (Å²) in [5.74, 6) is -1.80. The second kappa shape index (κ2) is 19.9. The lowest BCUT2D eigenvalue weighted by atomic mass is 9.91. The number of hydrogen-bond donors (Lipinski definition) is 6. The van der Waals surface area contributed by atoms with Crippen LogP contribution in [0.3, 0.4) is 0 Å². The third-order valence-corrected chi connectivity index (χ3v) is 7.54. The van der Waals surface area contributed by atoms with Gasteiger partial charge in [0, 0.05) is 18.3 Å². The lowest BCUT2D eigenvalue weighted by molar-refractivity contribution is -0.159. The van der Waals surface area contributed by atoms with Gasteiger partial charge in [0.05, 0.1) is 42.5 Å². The topological polar surface area (TPSA) is 148 Å². The maximum absolute atomic E-state index is 12.7. The molecule has 0 amide bonds. The molecule has 1 heterocycles. The van der Waals surface area contributed by atoms with Gasteiger partial charge in [-0.05, 0) is 45.4 Å². The first kappa shape index (κ1) is 36.0. The summed E-state index contributed by atoms with van der Waals surface area (Å²) < 4.78 is 5.62. The van der Waals surface area contributed by atoms with E-state index in [0.717, 1.165) is 0 Å². The largest absolute Gasteiger partial charge is 0.462 e. The maximum atomic E-state index is 12.7. The number of esters is 1. The van der Waals surface area contributed by atoms with Crippen molar-refractivity contribution >= 4 is 5.97 Å². The highest BCUT2D eigenvalue weighted by Gasteiger charge is 2.30. The van der Waals surface area contributed by atoms with Crippen LogP contribution in [0.2, 0.25) is 0 Å². The second-order valence-electron chi connectivity index (χ2n) is 11.0. The standard InChI is InChI=1S/C32H52O8/c1-5-28-31(38)20-26(34)17-14-16-25(33)19-27(35)21-30(37)23(3)29(36)18-13-11-9-7-6-8-10-12-15-22(2)24(4)40-32(28)39/h6-13,15,18,22-31,33-38H,5,14,16-17,19-21H2,1-4H3/b7-6-,10-8-,11-9-,15-12-,18-13-/t22-,23-,24+,25-,26-,27-,28-,29+,30-,31-/m0/s1. The third kappa shape index (κ3) is 14.5. The Morgan fingerprint density at radius 1 is 0.700 bits per heavy atom. The van der Waals surface area contributed by atoms with E-state index < -0.39 is 60.5 Å². The van der Waals surface area contributed by atoms with Crippen molar-refractivity contribution in [1.82, 2.24) is 0 Å². The van der Waals surface area contributed by atoms with Crippen LogP contribution in [-0.4, -0.2) is 79.3 Å². The Balaban J connectivity index is 2.94. The Hall–Kier alpha value is -2.07. The summed E-state index contributed by atoms with van der Waals surface area (Å²) in [6.07, 6.45) is 13.7. The van der Waals surface area contributed by atoms with Gasteiger partial charge < -0.3 is 35.4 Å². The van der Waals surface area contributed by atoms with E-state index in [-0.39, 0.29) is 25.2 Å². The van der Waals surface area contributed by atoms with Crippen LogP contribution >= 0.6 is 0 Å². The van der Waals surface area contributed by atoms with Crippen LogP contribution in [0.15, 0.2) is 60.8 Å². The fourth-order valence-electron chi connectivity index (χ4n) is 4.51. The molecule has 1 aliphatic rings. The van der Waals surface area contributed by atoms with Gasteiger partial charge in [-0.25, -0.2) is 0 Å². The first-order valence-electron chi connectivity index (χ1n) is 14.6. The normalized spacial score (nSPS) is 41.0. The number of aliphatic hydroxyl groups is 6. The summed E-state index contributed by atoms with van der Waals surface area (Å²) in [7, 11) is 0. The van der Waals surface area contributed by atoms with Crippen molar-refractivity contribution in [1.29, 1.82) is 0 Å². The molecule has 0 radical (unpaired) electrons. The fraction of sp³-hybridized carbons (Fsp3) is 0.656. The molecule has 1 aliphatic heterocycles. The van der Waals surface area contributed by atoms with Crippen LogP contribution in [0.4, 0.5) is 0 Å². The molecule has 0 unspecified atom stereocenters. The summed E-state index contributed by atoms with van der Waals surface area (Å²) in [6.45, 7) is 7.24. The van der Waals surface area contributed by atoms with Crippen LogP contribution in [0.25, 0.3) is 0 Å². The molecule has 0 saturated heterocycles. The number of ether oxygens (including phenoxy) is 1. The Labute approximate surface area is 240 Å². The summed E-state index contributed by atoms with van der Waals surface area (Å²) in [5, 5.41) is 62.5. The molecule has 0 fully saturated rings. The minimum atomic E-state index is -1.05. The molecule has 0 bridgehead atoms. The van der Waals surface area contributed by atoms with Crippen LogP contribution in [-0.2, 0) is 9.53 Å². The zero-order valence-corrected chi connectivity index (χ0v) is 24.5. The molecule has 8 nitrogen and oxygen atoms in total. The average molecular weight is 565 g/mol. The SMILES string of the molecule is CC[C@@H]1C(=O)O[C@H](C)[C@@H](C)\C=C/C=C\C=C/C=C\C=C/[C@@H](O)[C@H](C)[C@@H](O)C[C@@H](O)C[C@@H](O)CCC[C@H](O)C[C@@H]1O. The number of carbonyl (C=O) groups excluding carboxylic acids is 1. The molecule has 0 saturated carbocycles. The van der Waals surface area contributed by atoms with E-state index in [0.29, 0.717) is 25.7 Å². The van der Waals surface area contributed by atoms with Crippen LogP contribution < -0.4 is 0 Å². The summed E-state index contributed by atoms with van der Waals surface area (Å²) >= 11 is 0. The van der Waals surface area contributed by atoms with Crippen LogP contribution in [0, 0.1) is 17.8 Å². The molecular weight excluding hydrogens is 512 g/mol. The molecule has 6 N–H and O–H groups in total. The van der Waals surface area contributed by atoms with Gasteiger partial charge in [-0.3, -0.25) is 4.79 Å². The molecule has 10 atom stereocenters. The zero-order chi connectivity index (χ0) is 30.1. The van der Waals surface area contributed by atoms with Crippen molar-refractivity contribution < 1.29 is 40.2 Å². The van der Waals surface area contributed by atoms with E-state index >= 15 is 0 Å². The Morgan fingerprint density at radius 2 is 1.20 bits per heavy atom. The molecule has 0 aliphatic carbocycles. The summed E-state index contributed by atoms with van der Waals surface area (Å²) in [4.78, 5) is 12.7. The van der Waals surface area contributed by atoms with E-state index in [1.54, 1.807) is 38.2 Å². The van der Waals surface area contributed by atoms with E-state index in [1.165, 1.54) is 0 Å². The predicted octanol–water partition coefficient (Wildman–Crippen LogP) is 3.52. The molecule has 0 spiro atoms. The van der Waals surface area contributed by atoms with Gasteiger partial charge in [0.15, 0.2) is 0 Å². The smallest absolute Gasteiger partial charge is 0.311 e. The number of allylic oxidation sites excluding steroid dienone is 8. The molecule has 228 valence electrons. The Kier molecular flexibility index (Phi) is 17.9. The van der Waals surface area contributed by atoms with Gasteiger partial charge in [-0.1, -0.05) is 81.5 Å². The predicted molar refractivity (Wildman–Crippen MR) is 157 cm³/mol. The van der Waals surface area contributed by atoms with Gasteiger partial charge in [-0.15, -0.1) is 0 Å². The molecule has 8 heteroatoms. The number of carbonyl (C=O) groups is 1. The number of rotatable bonds is 1. The first-order chi connectivity index (χ1) is 19.0. The van der Waals surface area contributed by atoms with Crippen molar-refractivity contribution in [3.8, 4) is 0 Å². The van der Waals surface area contributed by atoms with Crippen LogP contribution in [0.5, 0.6) is 0 Å². The molecule has 0 aromatic heterocycles. The zero-order valence-electron chi connectivity index (χ0n) is 24.5. The average Bonchev–Trinajstić information content (AvgIpc) is 2.88. The summed E-state index contributed by atoms with van der Waals surface area (Å²) in [6, 6.07) is 0. The lowest BCUT2D eigenvalue weighted by Gasteiger charge is -2.26. The fourth-order valence-corrected chi connectivity index (χ4v) is 4.51. The molecular formula is C32H52O8. The highest BCUT2D eigenvalue weighted by Crippen LogP contribution is 2.22. The lowest BCUT2D eigenvalue weighted by Crippen LogP contribution is -2.35. The second-order valence-corrected chi connectivity index (χ2v) is 11.0. The third-order valence-electron chi connectivity index (χ3n) is 7.54. The van der Waals surface area contributed by atoms with Gasteiger partial charge >= 0.3 is 5.97 Å². The molecule has 0 aromatic carbocycles. The maximum Gasteiger partial charge on any atom is 0.311 e. The van der Waals surface area contributed by atoms with Crippen molar-refractivity contribution in [2.24, 2.45) is 17.8 Å².